The number of para-hydroxylation sites is 1. The van der Waals surface area contributed by atoms with Crippen LogP contribution in [0.5, 0.6) is 5.75 Å². The Hall–Kier alpha value is -1.32. The molecule has 3 N–H and O–H groups in total. The highest BCUT2D eigenvalue weighted by molar-refractivity contribution is 5.36. The molecule has 0 fully saturated rings. The Morgan fingerprint density at radius 2 is 2.16 bits per heavy atom. The normalized spacial score (nSPS) is 16.8. The second kappa shape index (κ2) is 7.31. The summed E-state index contributed by atoms with van der Waals surface area (Å²) < 4.78 is 5.69. The van der Waals surface area contributed by atoms with Crippen molar-refractivity contribution >= 4 is 0 Å². The smallest absolute Gasteiger partial charge is 0.124 e. The summed E-state index contributed by atoms with van der Waals surface area (Å²) in [6, 6.07) is 8.28. The van der Waals surface area contributed by atoms with E-state index in [0.717, 1.165) is 17.7 Å². The molecule has 1 atom stereocenters. The standard InChI is InChI=1S/C16H24N2O/c1-2-19-16-11-7-6-10-14(16)15(18-17)12-13-8-4-3-5-9-13/h6-8,10-11,15,18H,2-5,9,12,17H2,1H3. The Balaban J connectivity index is 2.14. The summed E-state index contributed by atoms with van der Waals surface area (Å²) in [5.41, 5.74) is 5.61. The van der Waals surface area contributed by atoms with Gasteiger partial charge in [-0.1, -0.05) is 29.8 Å². The minimum atomic E-state index is 0.132. The van der Waals surface area contributed by atoms with Crippen LogP contribution in [-0.2, 0) is 0 Å². The van der Waals surface area contributed by atoms with Crippen molar-refractivity contribution in [2.45, 2.75) is 45.1 Å². The van der Waals surface area contributed by atoms with Crippen LogP contribution < -0.4 is 16.0 Å². The zero-order valence-corrected chi connectivity index (χ0v) is 11.7. The molecular weight excluding hydrogens is 236 g/mol. The van der Waals surface area contributed by atoms with Crippen LogP contribution in [-0.4, -0.2) is 6.61 Å². The van der Waals surface area contributed by atoms with Gasteiger partial charge >= 0.3 is 0 Å². The zero-order chi connectivity index (χ0) is 13.5. The minimum absolute atomic E-state index is 0.132. The van der Waals surface area contributed by atoms with Crippen molar-refractivity contribution in [1.82, 2.24) is 5.43 Å². The number of ether oxygens (including phenoxy) is 1. The van der Waals surface area contributed by atoms with Crippen molar-refractivity contribution < 1.29 is 4.74 Å². The largest absolute Gasteiger partial charge is 0.494 e. The quantitative estimate of drug-likeness (QED) is 0.467. The van der Waals surface area contributed by atoms with Crippen LogP contribution in [0.3, 0.4) is 0 Å². The van der Waals surface area contributed by atoms with E-state index in [1.54, 1.807) is 0 Å². The molecule has 0 aromatic heterocycles. The summed E-state index contributed by atoms with van der Waals surface area (Å²) >= 11 is 0. The fraction of sp³-hybridized carbons (Fsp3) is 0.500. The molecule has 0 spiro atoms. The van der Waals surface area contributed by atoms with Gasteiger partial charge in [0.25, 0.3) is 0 Å². The number of hydrogen-bond donors (Lipinski definition) is 2. The molecule has 3 nitrogen and oxygen atoms in total. The third kappa shape index (κ3) is 3.82. The predicted molar refractivity (Wildman–Crippen MR) is 78.8 cm³/mol. The monoisotopic (exact) mass is 260 g/mol. The van der Waals surface area contributed by atoms with E-state index in [2.05, 4.69) is 17.6 Å². The van der Waals surface area contributed by atoms with Gasteiger partial charge in [0.05, 0.1) is 12.6 Å². The molecule has 3 heteroatoms. The first-order chi connectivity index (χ1) is 9.35. The van der Waals surface area contributed by atoms with E-state index in [1.165, 1.54) is 31.3 Å². The Kier molecular flexibility index (Phi) is 5.43. The van der Waals surface area contributed by atoms with Gasteiger partial charge in [-0.2, -0.15) is 0 Å². The van der Waals surface area contributed by atoms with E-state index in [9.17, 15) is 0 Å². The number of hydrazine groups is 1. The van der Waals surface area contributed by atoms with Gasteiger partial charge in [-0.25, -0.2) is 0 Å². The molecule has 0 amide bonds. The van der Waals surface area contributed by atoms with Gasteiger partial charge in [-0.05, 0) is 45.1 Å². The minimum Gasteiger partial charge on any atom is -0.494 e. The van der Waals surface area contributed by atoms with Crippen LogP contribution >= 0.6 is 0 Å². The van der Waals surface area contributed by atoms with Crippen molar-refractivity contribution in [3.63, 3.8) is 0 Å². The summed E-state index contributed by atoms with van der Waals surface area (Å²) in [5, 5.41) is 0. The van der Waals surface area contributed by atoms with Crippen LogP contribution in [0.2, 0.25) is 0 Å². The maximum absolute atomic E-state index is 5.75. The van der Waals surface area contributed by atoms with Gasteiger partial charge in [0.15, 0.2) is 0 Å². The lowest BCUT2D eigenvalue weighted by molar-refractivity contribution is 0.331. The molecular formula is C16H24N2O. The number of allylic oxidation sites excluding steroid dienone is 1. The molecule has 2 rings (SSSR count). The van der Waals surface area contributed by atoms with Crippen LogP contribution in [0.1, 0.15) is 50.6 Å². The highest BCUT2D eigenvalue weighted by Gasteiger charge is 2.17. The maximum atomic E-state index is 5.75. The van der Waals surface area contributed by atoms with Gasteiger partial charge in [0.2, 0.25) is 0 Å². The number of benzene rings is 1. The van der Waals surface area contributed by atoms with E-state index in [4.69, 9.17) is 10.6 Å². The van der Waals surface area contributed by atoms with Crippen LogP contribution in [0, 0.1) is 0 Å². The molecule has 0 radical (unpaired) electrons. The van der Waals surface area contributed by atoms with E-state index in [0.29, 0.717) is 6.61 Å². The van der Waals surface area contributed by atoms with Gasteiger partial charge < -0.3 is 4.74 Å². The Bertz CT molecular complexity index is 429. The van der Waals surface area contributed by atoms with E-state index >= 15 is 0 Å². The first kappa shape index (κ1) is 14.1. The van der Waals surface area contributed by atoms with Gasteiger partial charge in [0.1, 0.15) is 5.75 Å². The lowest BCUT2D eigenvalue weighted by Crippen LogP contribution is -2.29. The number of nitrogens with two attached hydrogens (primary N) is 1. The molecule has 0 aliphatic heterocycles. The molecule has 1 aromatic rings. The average molecular weight is 260 g/mol. The third-order valence-corrected chi connectivity index (χ3v) is 3.65. The Morgan fingerprint density at radius 3 is 2.84 bits per heavy atom. The van der Waals surface area contributed by atoms with Crippen molar-refractivity contribution in [3.8, 4) is 5.75 Å². The maximum Gasteiger partial charge on any atom is 0.124 e. The molecule has 1 aliphatic carbocycles. The predicted octanol–water partition coefficient (Wildman–Crippen LogP) is 3.48. The van der Waals surface area contributed by atoms with Crippen LogP contribution in [0.25, 0.3) is 0 Å². The first-order valence-corrected chi connectivity index (χ1v) is 7.21. The fourth-order valence-electron chi connectivity index (χ4n) is 2.67. The average Bonchev–Trinajstić information content (AvgIpc) is 2.47. The summed E-state index contributed by atoms with van der Waals surface area (Å²) in [7, 11) is 0. The molecule has 0 saturated carbocycles. The molecule has 1 aromatic carbocycles. The Morgan fingerprint density at radius 1 is 1.32 bits per heavy atom. The lowest BCUT2D eigenvalue weighted by atomic mass is 9.91. The second-order valence-electron chi connectivity index (χ2n) is 5.00. The topological polar surface area (TPSA) is 47.3 Å². The molecule has 1 aliphatic rings. The highest BCUT2D eigenvalue weighted by Crippen LogP contribution is 2.31. The molecule has 1 unspecified atom stereocenters. The van der Waals surface area contributed by atoms with Crippen LogP contribution in [0.15, 0.2) is 35.9 Å². The van der Waals surface area contributed by atoms with Crippen molar-refractivity contribution in [2.24, 2.45) is 5.84 Å². The SMILES string of the molecule is CCOc1ccccc1C(CC1=CCCCC1)NN. The summed E-state index contributed by atoms with van der Waals surface area (Å²) in [4.78, 5) is 0. The van der Waals surface area contributed by atoms with E-state index in [-0.39, 0.29) is 6.04 Å². The van der Waals surface area contributed by atoms with Gasteiger partial charge in [0, 0.05) is 5.56 Å². The summed E-state index contributed by atoms with van der Waals surface area (Å²) in [6.45, 7) is 2.68. The van der Waals surface area contributed by atoms with Gasteiger partial charge in [-0.3, -0.25) is 11.3 Å². The highest BCUT2D eigenvalue weighted by atomic mass is 16.5. The third-order valence-electron chi connectivity index (χ3n) is 3.65. The van der Waals surface area contributed by atoms with E-state index in [1.807, 2.05) is 25.1 Å². The number of nitrogens with one attached hydrogen (secondary N) is 1. The zero-order valence-electron chi connectivity index (χ0n) is 11.7. The number of hydrogen-bond acceptors (Lipinski definition) is 3. The summed E-state index contributed by atoms with van der Waals surface area (Å²) in [6.07, 6.45) is 8.38. The fourth-order valence-corrected chi connectivity index (χ4v) is 2.67. The summed E-state index contributed by atoms with van der Waals surface area (Å²) in [5.74, 6) is 6.69. The molecule has 19 heavy (non-hydrogen) atoms. The van der Waals surface area contributed by atoms with Crippen LogP contribution in [0.4, 0.5) is 0 Å². The van der Waals surface area contributed by atoms with Crippen molar-refractivity contribution in [3.05, 3.63) is 41.5 Å². The number of rotatable bonds is 6. The second-order valence-corrected chi connectivity index (χ2v) is 5.00. The Labute approximate surface area is 115 Å². The molecule has 0 heterocycles. The molecule has 104 valence electrons. The van der Waals surface area contributed by atoms with E-state index < -0.39 is 0 Å². The lowest BCUT2D eigenvalue weighted by Gasteiger charge is -2.22. The molecule has 0 saturated heterocycles. The first-order valence-electron chi connectivity index (χ1n) is 7.21. The van der Waals surface area contributed by atoms with Gasteiger partial charge in [-0.15, -0.1) is 0 Å². The van der Waals surface area contributed by atoms with Crippen molar-refractivity contribution in [1.29, 1.82) is 0 Å². The molecule has 0 bridgehead atoms. The van der Waals surface area contributed by atoms with Crippen molar-refractivity contribution in [2.75, 3.05) is 6.61 Å².